The molecular formula is C18H22N2. The SMILES string of the molecule is CC12C=CNC1N(Cc1ccccc1)C1=CCCCC12. The Morgan fingerprint density at radius 1 is 1.30 bits per heavy atom. The van der Waals surface area contributed by atoms with Crippen LogP contribution < -0.4 is 5.32 Å². The molecule has 0 amide bonds. The van der Waals surface area contributed by atoms with Crippen LogP contribution in [0.5, 0.6) is 0 Å². The molecule has 104 valence electrons. The smallest absolute Gasteiger partial charge is 0.108 e. The fourth-order valence-electron chi connectivity index (χ4n) is 4.24. The summed E-state index contributed by atoms with van der Waals surface area (Å²) in [5.74, 6) is 0.691. The molecule has 1 aromatic carbocycles. The lowest BCUT2D eigenvalue weighted by Crippen LogP contribution is -2.42. The van der Waals surface area contributed by atoms with E-state index in [2.05, 4.69) is 65.8 Å². The Hall–Kier alpha value is -1.70. The summed E-state index contributed by atoms with van der Waals surface area (Å²) < 4.78 is 0. The Morgan fingerprint density at radius 2 is 2.15 bits per heavy atom. The molecule has 0 spiro atoms. The number of hydrogen-bond acceptors (Lipinski definition) is 2. The number of rotatable bonds is 2. The highest BCUT2D eigenvalue weighted by molar-refractivity contribution is 5.31. The minimum absolute atomic E-state index is 0.265. The normalized spacial score (nSPS) is 34.5. The first-order chi connectivity index (χ1) is 9.79. The Kier molecular flexibility index (Phi) is 2.66. The van der Waals surface area contributed by atoms with Gasteiger partial charge in [-0.3, -0.25) is 0 Å². The quantitative estimate of drug-likeness (QED) is 0.879. The highest BCUT2D eigenvalue weighted by Gasteiger charge is 2.54. The van der Waals surface area contributed by atoms with E-state index in [-0.39, 0.29) is 5.41 Å². The van der Waals surface area contributed by atoms with E-state index >= 15 is 0 Å². The summed E-state index contributed by atoms with van der Waals surface area (Å²) in [6.45, 7) is 3.43. The van der Waals surface area contributed by atoms with Crippen molar-refractivity contribution >= 4 is 0 Å². The van der Waals surface area contributed by atoms with E-state index in [1.807, 2.05) is 0 Å². The second-order valence-electron chi connectivity index (χ2n) is 6.49. The molecule has 1 aromatic rings. The van der Waals surface area contributed by atoms with Gasteiger partial charge in [0.05, 0.1) is 0 Å². The molecule has 3 aliphatic rings. The molecule has 0 saturated carbocycles. The number of allylic oxidation sites excluding steroid dienone is 2. The zero-order chi connectivity index (χ0) is 13.6. The van der Waals surface area contributed by atoms with Gasteiger partial charge in [-0.15, -0.1) is 0 Å². The standard InChI is InChI=1S/C18H22N2/c1-18-11-12-19-17(18)20(13-14-7-3-2-4-8-14)16-10-6-5-9-15(16)18/h2-4,7-8,10-12,15,17,19H,5-6,9,13H2,1H3. The van der Waals surface area contributed by atoms with Crippen LogP contribution in [0.25, 0.3) is 0 Å². The Labute approximate surface area is 121 Å². The van der Waals surface area contributed by atoms with Gasteiger partial charge in [0.25, 0.3) is 0 Å². The van der Waals surface area contributed by atoms with Crippen LogP contribution in [0.15, 0.2) is 54.4 Å². The van der Waals surface area contributed by atoms with Crippen molar-refractivity contribution < 1.29 is 0 Å². The Balaban J connectivity index is 1.70. The van der Waals surface area contributed by atoms with Gasteiger partial charge in [0, 0.05) is 23.6 Å². The molecule has 3 atom stereocenters. The molecule has 0 radical (unpaired) electrons. The fourth-order valence-corrected chi connectivity index (χ4v) is 4.24. The lowest BCUT2D eigenvalue weighted by atomic mass is 9.74. The number of likely N-dealkylation sites (tertiary alicyclic amines) is 1. The van der Waals surface area contributed by atoms with Gasteiger partial charge in [-0.05, 0) is 31.0 Å². The summed E-state index contributed by atoms with van der Waals surface area (Å²) in [5.41, 5.74) is 3.24. The lowest BCUT2D eigenvalue weighted by molar-refractivity contribution is 0.189. The average Bonchev–Trinajstić information content (AvgIpc) is 2.97. The molecular weight excluding hydrogens is 244 g/mol. The van der Waals surface area contributed by atoms with Crippen LogP contribution in [-0.4, -0.2) is 11.1 Å². The molecule has 1 N–H and O–H groups in total. The summed E-state index contributed by atoms with van der Waals surface area (Å²) in [7, 11) is 0. The van der Waals surface area contributed by atoms with Gasteiger partial charge in [0.2, 0.25) is 0 Å². The Bertz CT molecular complexity index is 560. The minimum atomic E-state index is 0.265. The molecule has 20 heavy (non-hydrogen) atoms. The van der Waals surface area contributed by atoms with Gasteiger partial charge in [0.1, 0.15) is 6.17 Å². The van der Waals surface area contributed by atoms with Gasteiger partial charge in [-0.1, -0.05) is 49.4 Å². The highest BCUT2D eigenvalue weighted by atomic mass is 15.3. The maximum absolute atomic E-state index is 3.59. The van der Waals surface area contributed by atoms with E-state index in [9.17, 15) is 0 Å². The monoisotopic (exact) mass is 266 g/mol. The maximum Gasteiger partial charge on any atom is 0.108 e. The average molecular weight is 266 g/mol. The van der Waals surface area contributed by atoms with Crippen molar-refractivity contribution in [2.45, 2.75) is 38.9 Å². The molecule has 1 aliphatic carbocycles. The van der Waals surface area contributed by atoms with E-state index in [4.69, 9.17) is 0 Å². The third-order valence-corrected chi connectivity index (χ3v) is 5.28. The summed E-state index contributed by atoms with van der Waals surface area (Å²) in [6.07, 6.45) is 11.4. The zero-order valence-corrected chi connectivity index (χ0v) is 12.0. The van der Waals surface area contributed by atoms with Crippen molar-refractivity contribution in [3.05, 3.63) is 59.9 Å². The number of nitrogens with zero attached hydrogens (tertiary/aromatic N) is 1. The van der Waals surface area contributed by atoms with Crippen LogP contribution in [0.4, 0.5) is 0 Å². The molecule has 2 heteroatoms. The second-order valence-corrected chi connectivity index (χ2v) is 6.49. The maximum atomic E-state index is 3.59. The van der Waals surface area contributed by atoms with Crippen molar-refractivity contribution in [2.24, 2.45) is 11.3 Å². The van der Waals surface area contributed by atoms with Gasteiger partial charge in [0.15, 0.2) is 0 Å². The van der Waals surface area contributed by atoms with Gasteiger partial charge < -0.3 is 10.2 Å². The zero-order valence-electron chi connectivity index (χ0n) is 12.0. The van der Waals surface area contributed by atoms with Crippen LogP contribution >= 0.6 is 0 Å². The third-order valence-electron chi connectivity index (χ3n) is 5.28. The predicted octanol–water partition coefficient (Wildman–Crippen LogP) is 3.64. The first kappa shape index (κ1) is 12.1. The lowest BCUT2D eigenvalue weighted by Gasteiger charge is -2.31. The van der Waals surface area contributed by atoms with Gasteiger partial charge in [-0.25, -0.2) is 0 Å². The van der Waals surface area contributed by atoms with Crippen molar-refractivity contribution in [3.63, 3.8) is 0 Å². The molecule has 3 unspecified atom stereocenters. The van der Waals surface area contributed by atoms with E-state index in [0.29, 0.717) is 12.1 Å². The summed E-state index contributed by atoms with van der Waals surface area (Å²) >= 11 is 0. The van der Waals surface area contributed by atoms with Crippen molar-refractivity contribution in [1.29, 1.82) is 0 Å². The van der Waals surface area contributed by atoms with Crippen molar-refractivity contribution in [1.82, 2.24) is 10.2 Å². The van der Waals surface area contributed by atoms with Crippen LogP contribution in [0.3, 0.4) is 0 Å². The Morgan fingerprint density at radius 3 is 3.00 bits per heavy atom. The van der Waals surface area contributed by atoms with E-state index < -0.39 is 0 Å². The molecule has 2 nitrogen and oxygen atoms in total. The number of nitrogens with one attached hydrogen (secondary N) is 1. The molecule has 1 saturated heterocycles. The van der Waals surface area contributed by atoms with Crippen LogP contribution in [0.1, 0.15) is 31.7 Å². The van der Waals surface area contributed by atoms with E-state index in [1.54, 1.807) is 5.70 Å². The minimum Gasteiger partial charge on any atom is -0.371 e. The highest BCUT2D eigenvalue weighted by Crippen LogP contribution is 2.53. The van der Waals surface area contributed by atoms with E-state index in [0.717, 1.165) is 6.54 Å². The fraction of sp³-hybridized carbons (Fsp3) is 0.444. The number of hydrogen-bond donors (Lipinski definition) is 1. The molecule has 0 bridgehead atoms. The van der Waals surface area contributed by atoms with Crippen molar-refractivity contribution in [2.75, 3.05) is 0 Å². The first-order valence-corrected chi connectivity index (χ1v) is 7.73. The molecule has 2 aliphatic heterocycles. The molecule has 0 aromatic heterocycles. The molecule has 2 heterocycles. The van der Waals surface area contributed by atoms with Gasteiger partial charge >= 0.3 is 0 Å². The van der Waals surface area contributed by atoms with Gasteiger partial charge in [-0.2, -0.15) is 0 Å². The van der Waals surface area contributed by atoms with Crippen molar-refractivity contribution in [3.8, 4) is 0 Å². The second kappa shape index (κ2) is 4.41. The summed E-state index contributed by atoms with van der Waals surface area (Å²) in [5, 5.41) is 3.59. The van der Waals surface area contributed by atoms with Crippen LogP contribution in [0, 0.1) is 11.3 Å². The predicted molar refractivity (Wildman–Crippen MR) is 81.6 cm³/mol. The molecule has 1 fully saturated rings. The topological polar surface area (TPSA) is 15.3 Å². The largest absolute Gasteiger partial charge is 0.371 e. The van der Waals surface area contributed by atoms with E-state index in [1.165, 1.54) is 24.8 Å². The summed E-state index contributed by atoms with van der Waals surface area (Å²) in [4.78, 5) is 2.60. The van der Waals surface area contributed by atoms with Crippen LogP contribution in [-0.2, 0) is 6.54 Å². The number of fused-ring (bicyclic) bond motifs is 3. The molecule has 4 rings (SSSR count). The summed E-state index contributed by atoms with van der Waals surface area (Å²) in [6, 6.07) is 10.8. The van der Waals surface area contributed by atoms with Crippen LogP contribution in [0.2, 0.25) is 0 Å². The third kappa shape index (κ3) is 1.64. The first-order valence-electron chi connectivity index (χ1n) is 7.73. The number of benzene rings is 1.